The number of nitrogens with zero attached hydrogens (tertiary/aromatic N) is 3. The normalized spacial score (nSPS) is 19.2. The summed E-state index contributed by atoms with van der Waals surface area (Å²) in [5.74, 6) is 0.421. The Kier molecular flexibility index (Phi) is 4.19. The molecule has 2 aromatic heterocycles. The molecule has 0 N–H and O–H groups in total. The van der Waals surface area contributed by atoms with Gasteiger partial charge >= 0.3 is 0 Å². The third-order valence-corrected chi connectivity index (χ3v) is 4.54. The van der Waals surface area contributed by atoms with E-state index in [0.29, 0.717) is 5.92 Å². The van der Waals surface area contributed by atoms with E-state index in [2.05, 4.69) is 45.2 Å². The highest BCUT2D eigenvalue weighted by atomic mass is 32.1. The minimum absolute atomic E-state index is 0.421. The van der Waals surface area contributed by atoms with Crippen LogP contribution in [0, 0.1) is 0 Å². The molecule has 1 aliphatic rings. The van der Waals surface area contributed by atoms with Gasteiger partial charge in [-0.15, -0.1) is 0 Å². The summed E-state index contributed by atoms with van der Waals surface area (Å²) in [5, 5.41) is 4.37. The van der Waals surface area contributed by atoms with Gasteiger partial charge in [0, 0.05) is 44.9 Å². The van der Waals surface area contributed by atoms with Crippen LogP contribution in [-0.4, -0.2) is 34.2 Å². The van der Waals surface area contributed by atoms with Gasteiger partial charge in [0.1, 0.15) is 0 Å². The van der Waals surface area contributed by atoms with Crippen LogP contribution in [0.25, 0.3) is 0 Å². The van der Waals surface area contributed by atoms with E-state index in [-0.39, 0.29) is 0 Å². The number of ether oxygens (including phenoxy) is 1. The zero-order valence-electron chi connectivity index (χ0n) is 12.1. The first-order chi connectivity index (χ1) is 9.78. The lowest BCUT2D eigenvalue weighted by molar-refractivity contribution is 0.102. The first kappa shape index (κ1) is 13.8. The number of hydrogen-bond acceptors (Lipinski definition) is 4. The summed E-state index contributed by atoms with van der Waals surface area (Å²) in [6.45, 7) is 6.59. The summed E-state index contributed by atoms with van der Waals surface area (Å²) in [7, 11) is 2.08. The molecule has 0 bridgehead atoms. The smallest absolute Gasteiger partial charge is 0.0949 e. The van der Waals surface area contributed by atoms with Crippen molar-refractivity contribution in [2.75, 3.05) is 19.8 Å². The highest BCUT2D eigenvalue weighted by molar-refractivity contribution is 7.07. The van der Waals surface area contributed by atoms with Gasteiger partial charge in [-0.2, -0.15) is 11.3 Å². The van der Waals surface area contributed by atoms with Gasteiger partial charge in [-0.3, -0.25) is 4.90 Å². The van der Waals surface area contributed by atoms with Gasteiger partial charge in [0.15, 0.2) is 0 Å². The van der Waals surface area contributed by atoms with Crippen molar-refractivity contribution in [2.24, 2.45) is 7.05 Å². The van der Waals surface area contributed by atoms with E-state index in [1.54, 1.807) is 11.3 Å². The Hall–Kier alpha value is -1.17. The molecule has 0 aromatic carbocycles. The van der Waals surface area contributed by atoms with Crippen LogP contribution in [-0.2, 0) is 24.9 Å². The second kappa shape index (κ2) is 6.08. The average Bonchev–Trinajstić information content (AvgIpc) is 3.07. The molecule has 20 heavy (non-hydrogen) atoms. The standard InChI is InChI=1S/C15H21N3OS/c1-3-19-9-13-7-18(6-12-4-5-20-10-12)8-14-15(13)17(2)11-16-14/h4-5,10-11,13H,3,6-9H2,1-2H3. The maximum atomic E-state index is 5.67. The molecule has 0 fully saturated rings. The fourth-order valence-corrected chi connectivity index (χ4v) is 3.62. The van der Waals surface area contributed by atoms with E-state index < -0.39 is 0 Å². The summed E-state index contributed by atoms with van der Waals surface area (Å²) < 4.78 is 7.83. The summed E-state index contributed by atoms with van der Waals surface area (Å²) >= 11 is 1.76. The average molecular weight is 291 g/mol. The van der Waals surface area contributed by atoms with Crippen molar-refractivity contribution in [2.45, 2.75) is 25.9 Å². The van der Waals surface area contributed by atoms with Crippen molar-refractivity contribution in [3.63, 3.8) is 0 Å². The number of rotatable bonds is 5. The first-order valence-electron chi connectivity index (χ1n) is 7.09. The van der Waals surface area contributed by atoms with E-state index in [0.717, 1.165) is 32.8 Å². The molecule has 0 saturated carbocycles. The summed E-state index contributed by atoms with van der Waals surface area (Å²) in [4.78, 5) is 7.04. The Morgan fingerprint density at radius 2 is 2.40 bits per heavy atom. The van der Waals surface area contributed by atoms with E-state index >= 15 is 0 Å². The molecule has 2 aromatic rings. The van der Waals surface area contributed by atoms with Crippen LogP contribution in [0.5, 0.6) is 0 Å². The zero-order chi connectivity index (χ0) is 13.9. The summed E-state index contributed by atoms with van der Waals surface area (Å²) in [5.41, 5.74) is 3.95. The Balaban J connectivity index is 1.77. The Morgan fingerprint density at radius 1 is 1.50 bits per heavy atom. The highest BCUT2D eigenvalue weighted by Gasteiger charge is 2.29. The number of thiophene rings is 1. The van der Waals surface area contributed by atoms with E-state index in [1.807, 2.05) is 6.33 Å². The molecule has 0 radical (unpaired) electrons. The van der Waals surface area contributed by atoms with Crippen LogP contribution >= 0.6 is 11.3 Å². The molecule has 3 rings (SSSR count). The van der Waals surface area contributed by atoms with Crippen LogP contribution in [0.3, 0.4) is 0 Å². The van der Waals surface area contributed by atoms with Crippen molar-refractivity contribution in [3.05, 3.63) is 40.1 Å². The number of imidazole rings is 1. The highest BCUT2D eigenvalue weighted by Crippen LogP contribution is 2.28. The van der Waals surface area contributed by atoms with Crippen molar-refractivity contribution < 1.29 is 4.74 Å². The van der Waals surface area contributed by atoms with Gasteiger partial charge in [0.05, 0.1) is 18.6 Å². The van der Waals surface area contributed by atoms with Gasteiger partial charge in [0.2, 0.25) is 0 Å². The van der Waals surface area contributed by atoms with Gasteiger partial charge < -0.3 is 9.30 Å². The van der Waals surface area contributed by atoms with Gasteiger partial charge in [-0.1, -0.05) is 0 Å². The molecule has 1 aliphatic heterocycles. The third-order valence-electron chi connectivity index (χ3n) is 3.81. The minimum atomic E-state index is 0.421. The lowest BCUT2D eigenvalue weighted by Gasteiger charge is -2.32. The SMILES string of the molecule is CCOCC1CN(Cc2ccsc2)Cc2ncn(C)c21. The van der Waals surface area contributed by atoms with Crippen LogP contribution < -0.4 is 0 Å². The maximum absolute atomic E-state index is 5.67. The van der Waals surface area contributed by atoms with Crippen LogP contribution in [0.15, 0.2) is 23.2 Å². The van der Waals surface area contributed by atoms with Crippen LogP contribution in [0.4, 0.5) is 0 Å². The number of hydrogen-bond donors (Lipinski definition) is 0. The first-order valence-corrected chi connectivity index (χ1v) is 8.03. The molecular weight excluding hydrogens is 270 g/mol. The molecule has 3 heterocycles. The van der Waals surface area contributed by atoms with Crippen molar-refractivity contribution in [1.82, 2.24) is 14.5 Å². The maximum Gasteiger partial charge on any atom is 0.0949 e. The second-order valence-electron chi connectivity index (χ2n) is 5.35. The molecule has 0 saturated heterocycles. The summed E-state index contributed by atoms with van der Waals surface area (Å²) in [6, 6.07) is 2.20. The van der Waals surface area contributed by atoms with Gasteiger partial charge in [0.25, 0.3) is 0 Å². The van der Waals surface area contributed by atoms with Crippen molar-refractivity contribution in [1.29, 1.82) is 0 Å². The molecule has 5 heteroatoms. The molecule has 0 aliphatic carbocycles. The Morgan fingerprint density at radius 3 is 3.15 bits per heavy atom. The topological polar surface area (TPSA) is 30.3 Å². The predicted molar refractivity (Wildman–Crippen MR) is 80.9 cm³/mol. The molecule has 108 valence electrons. The number of aromatic nitrogens is 2. The number of fused-ring (bicyclic) bond motifs is 1. The Labute approximate surface area is 124 Å². The zero-order valence-corrected chi connectivity index (χ0v) is 12.9. The van der Waals surface area contributed by atoms with Gasteiger partial charge in [-0.05, 0) is 29.3 Å². The second-order valence-corrected chi connectivity index (χ2v) is 6.13. The molecule has 1 unspecified atom stereocenters. The minimum Gasteiger partial charge on any atom is -0.381 e. The molecule has 4 nitrogen and oxygen atoms in total. The Bertz CT molecular complexity index is 549. The van der Waals surface area contributed by atoms with E-state index in [1.165, 1.54) is 17.0 Å². The van der Waals surface area contributed by atoms with Gasteiger partial charge in [-0.25, -0.2) is 4.98 Å². The third kappa shape index (κ3) is 2.80. The van der Waals surface area contributed by atoms with Crippen molar-refractivity contribution in [3.8, 4) is 0 Å². The largest absolute Gasteiger partial charge is 0.381 e. The van der Waals surface area contributed by atoms with Crippen LogP contribution in [0.1, 0.15) is 29.8 Å². The molecule has 0 spiro atoms. The molecule has 1 atom stereocenters. The predicted octanol–water partition coefficient (Wildman–Crippen LogP) is 2.62. The quantitative estimate of drug-likeness (QED) is 0.848. The fourth-order valence-electron chi connectivity index (χ4n) is 2.96. The molecular formula is C15H21N3OS. The molecule has 0 amide bonds. The fraction of sp³-hybridized carbons (Fsp3) is 0.533. The van der Waals surface area contributed by atoms with Crippen LogP contribution in [0.2, 0.25) is 0 Å². The summed E-state index contributed by atoms with van der Waals surface area (Å²) in [6.07, 6.45) is 1.93. The van der Waals surface area contributed by atoms with E-state index in [4.69, 9.17) is 4.74 Å². The van der Waals surface area contributed by atoms with E-state index in [9.17, 15) is 0 Å². The lowest BCUT2D eigenvalue weighted by Crippen LogP contribution is -2.35. The number of aryl methyl sites for hydroxylation is 1. The lowest BCUT2D eigenvalue weighted by atomic mass is 9.98. The monoisotopic (exact) mass is 291 g/mol. The van der Waals surface area contributed by atoms with Crippen molar-refractivity contribution >= 4 is 11.3 Å².